The summed E-state index contributed by atoms with van der Waals surface area (Å²) in [6.07, 6.45) is 0.163. The van der Waals surface area contributed by atoms with Crippen LogP contribution in [0.3, 0.4) is 0 Å². The quantitative estimate of drug-likeness (QED) is 0.446. The smallest absolute Gasteiger partial charge is 0.104 e. The largest absolute Gasteiger partial charge is 0.634 e. The highest BCUT2D eigenvalue weighted by atomic mass is 32.1. The van der Waals surface area contributed by atoms with Gasteiger partial charge in [0.15, 0.2) is 0 Å². The first-order valence-electron chi connectivity index (χ1n) is 2.92. The van der Waals surface area contributed by atoms with Gasteiger partial charge in [-0.2, -0.15) is 13.5 Å². The van der Waals surface area contributed by atoms with Crippen LogP contribution in [0, 0.1) is 5.21 Å². The summed E-state index contributed by atoms with van der Waals surface area (Å²) in [6.45, 7) is 3.78. The van der Waals surface area contributed by atoms with E-state index in [4.69, 9.17) is 4.74 Å². The molecule has 0 spiro atoms. The molecular weight excluding hydrogens is 138 g/mol. The van der Waals surface area contributed by atoms with Crippen LogP contribution in [-0.2, 0) is 4.74 Å². The molecule has 2 unspecified atom stereocenters. The van der Waals surface area contributed by atoms with E-state index in [1.54, 1.807) is 0 Å². The van der Waals surface area contributed by atoms with E-state index in [0.29, 0.717) is 24.8 Å². The average molecular weight is 151 g/mol. The van der Waals surface area contributed by atoms with Gasteiger partial charge in [0.25, 0.3) is 0 Å². The summed E-state index contributed by atoms with van der Waals surface area (Å²) >= 11 is 0. The molecule has 3 nitrogen and oxygen atoms in total. The number of hydroxylamine groups is 2. The number of rotatable bonds is 0. The van der Waals surface area contributed by atoms with Gasteiger partial charge in [-0.1, -0.05) is 0 Å². The molecule has 2 atom stereocenters. The maximum absolute atomic E-state index is 10.6. The van der Waals surface area contributed by atoms with Gasteiger partial charge in [0.2, 0.25) is 0 Å². The molecule has 1 fully saturated rings. The molecule has 1 N–H and O–H groups in total. The van der Waals surface area contributed by atoms with Crippen LogP contribution in [-0.4, -0.2) is 25.8 Å². The van der Waals surface area contributed by atoms with Gasteiger partial charge in [0.05, 0.1) is 6.61 Å². The molecule has 1 rings (SSSR count). The highest BCUT2D eigenvalue weighted by Crippen LogP contribution is 1.87. The van der Waals surface area contributed by atoms with Crippen molar-refractivity contribution in [2.75, 3.05) is 19.7 Å². The molecule has 0 aromatic carbocycles. The Morgan fingerprint density at radius 1 is 1.67 bits per heavy atom. The van der Waals surface area contributed by atoms with E-state index in [9.17, 15) is 5.21 Å². The maximum atomic E-state index is 10.6. The van der Waals surface area contributed by atoms with Gasteiger partial charge in [-0.3, -0.25) is 0 Å². The fourth-order valence-corrected chi connectivity index (χ4v) is 0.856. The van der Waals surface area contributed by atoms with Crippen LogP contribution in [0.25, 0.3) is 0 Å². The first-order chi connectivity index (χ1) is 3.79. The monoisotopic (exact) mass is 151 g/mol. The Kier molecular flexibility index (Phi) is 4.22. The van der Waals surface area contributed by atoms with E-state index >= 15 is 0 Å². The summed E-state index contributed by atoms with van der Waals surface area (Å²) < 4.78 is 5.13. The Hall–Kier alpha value is 0.230. The number of nitrogens with one attached hydrogen (secondary N) is 1. The molecule has 0 radical (unpaired) electrons. The van der Waals surface area contributed by atoms with E-state index in [0.717, 1.165) is 0 Å². The third-order valence-corrected chi connectivity index (χ3v) is 1.30. The lowest BCUT2D eigenvalue weighted by Gasteiger charge is -2.30. The second-order valence-corrected chi connectivity index (χ2v) is 2.17. The molecule has 1 saturated heterocycles. The van der Waals surface area contributed by atoms with Crippen LogP contribution in [0.2, 0.25) is 0 Å². The van der Waals surface area contributed by atoms with Crippen molar-refractivity contribution < 1.29 is 9.80 Å². The lowest BCUT2D eigenvalue weighted by atomic mass is 10.3. The van der Waals surface area contributed by atoms with Crippen molar-refractivity contribution in [1.29, 1.82) is 0 Å². The Bertz CT molecular complexity index is 73.4. The lowest BCUT2D eigenvalue weighted by molar-refractivity contribution is -0.861. The summed E-state index contributed by atoms with van der Waals surface area (Å²) in [4.78, 5) is 0. The zero-order chi connectivity index (χ0) is 5.98. The molecule has 0 aliphatic carbocycles. The van der Waals surface area contributed by atoms with Gasteiger partial charge in [-0.15, -0.1) is 0 Å². The van der Waals surface area contributed by atoms with Gasteiger partial charge in [0.1, 0.15) is 19.2 Å². The summed E-state index contributed by atoms with van der Waals surface area (Å²) in [5.74, 6) is 0. The molecule has 4 heteroatoms. The highest BCUT2D eigenvalue weighted by molar-refractivity contribution is 7.59. The lowest BCUT2D eigenvalue weighted by Crippen LogP contribution is -3.10. The van der Waals surface area contributed by atoms with E-state index in [1.165, 1.54) is 0 Å². The van der Waals surface area contributed by atoms with Crippen molar-refractivity contribution in [2.45, 2.75) is 13.0 Å². The van der Waals surface area contributed by atoms with Gasteiger partial charge in [-0.25, -0.2) is 0 Å². The number of hydrogen-bond donors (Lipinski definition) is 1. The highest BCUT2D eigenvalue weighted by Gasteiger charge is 2.12. The van der Waals surface area contributed by atoms with Crippen molar-refractivity contribution in [3.05, 3.63) is 5.21 Å². The van der Waals surface area contributed by atoms with Crippen LogP contribution >= 0.6 is 13.5 Å². The summed E-state index contributed by atoms with van der Waals surface area (Å²) in [5.41, 5.74) is 0. The summed E-state index contributed by atoms with van der Waals surface area (Å²) in [6, 6.07) is 0. The normalized spacial score (nSPS) is 35.3. The second-order valence-electron chi connectivity index (χ2n) is 2.17. The van der Waals surface area contributed by atoms with Gasteiger partial charge in [0, 0.05) is 0 Å². The van der Waals surface area contributed by atoms with E-state index in [1.807, 2.05) is 6.92 Å². The topological polar surface area (TPSA) is 36.7 Å². The molecule has 0 amide bonds. The molecule has 1 aliphatic heterocycles. The SMILES string of the molecule is CC1C[NH+]([O-])CCO1.S. The fourth-order valence-electron chi connectivity index (χ4n) is 0.856. The standard InChI is InChI=1S/C5H11NO2.H2S/c1-5-4-6(7)2-3-8-5;/h5-6H,2-4H2,1H3;1H2. The van der Waals surface area contributed by atoms with Crippen molar-refractivity contribution in [1.82, 2.24) is 0 Å². The van der Waals surface area contributed by atoms with E-state index in [-0.39, 0.29) is 19.6 Å². The zero-order valence-corrected chi connectivity index (χ0v) is 6.52. The van der Waals surface area contributed by atoms with Gasteiger partial charge < -0.3 is 15.0 Å². The van der Waals surface area contributed by atoms with Crippen molar-refractivity contribution >= 4 is 13.5 Å². The Balaban J connectivity index is 0.000000640. The van der Waals surface area contributed by atoms with Crippen molar-refractivity contribution in [3.8, 4) is 0 Å². The van der Waals surface area contributed by atoms with Gasteiger partial charge in [-0.05, 0) is 6.92 Å². The molecule has 0 saturated carbocycles. The summed E-state index contributed by atoms with van der Waals surface area (Å²) in [7, 11) is 0. The average Bonchev–Trinajstić information content (AvgIpc) is 1.64. The second kappa shape index (κ2) is 4.11. The minimum absolute atomic E-state index is 0. The number of quaternary nitrogens is 1. The number of ether oxygens (including phenoxy) is 1. The van der Waals surface area contributed by atoms with E-state index in [2.05, 4.69) is 0 Å². The van der Waals surface area contributed by atoms with Crippen molar-refractivity contribution in [3.63, 3.8) is 0 Å². The molecule has 1 heterocycles. The van der Waals surface area contributed by atoms with Gasteiger partial charge >= 0.3 is 0 Å². The van der Waals surface area contributed by atoms with Crippen LogP contribution in [0.15, 0.2) is 0 Å². The predicted octanol–water partition coefficient (Wildman–Crippen LogP) is -1.10. The molecule has 9 heavy (non-hydrogen) atoms. The van der Waals surface area contributed by atoms with E-state index < -0.39 is 0 Å². The maximum Gasteiger partial charge on any atom is 0.104 e. The number of hydrogen-bond acceptors (Lipinski definition) is 2. The molecule has 0 aromatic rings. The third-order valence-electron chi connectivity index (χ3n) is 1.30. The summed E-state index contributed by atoms with van der Waals surface area (Å²) in [5, 5.41) is 10.9. The third kappa shape index (κ3) is 3.05. The Labute approximate surface area is 62.0 Å². The first-order valence-corrected chi connectivity index (χ1v) is 2.92. The van der Waals surface area contributed by atoms with Crippen LogP contribution in [0.5, 0.6) is 0 Å². The van der Waals surface area contributed by atoms with Crippen LogP contribution in [0.4, 0.5) is 0 Å². The Morgan fingerprint density at radius 2 is 2.33 bits per heavy atom. The van der Waals surface area contributed by atoms with Crippen LogP contribution in [0.1, 0.15) is 6.92 Å². The molecule has 56 valence electrons. The van der Waals surface area contributed by atoms with Crippen molar-refractivity contribution in [2.24, 2.45) is 0 Å². The first kappa shape index (κ1) is 9.23. The molecule has 1 aliphatic rings. The zero-order valence-electron chi connectivity index (χ0n) is 5.52. The Morgan fingerprint density at radius 3 is 2.67 bits per heavy atom. The molecular formula is C5H13NO2S. The fraction of sp³-hybridized carbons (Fsp3) is 1.00. The predicted molar refractivity (Wildman–Crippen MR) is 39.9 cm³/mol. The van der Waals surface area contributed by atoms with Crippen LogP contribution < -0.4 is 5.06 Å². The minimum atomic E-state index is 0. The molecule has 0 bridgehead atoms. The molecule has 0 aromatic heterocycles. The number of morpholine rings is 1. The minimum Gasteiger partial charge on any atom is -0.634 e.